The fourth-order valence-electron chi connectivity index (χ4n) is 6.03. The van der Waals surface area contributed by atoms with Gasteiger partial charge >= 0.3 is 30.6 Å². The molecule has 1 aromatic rings. The van der Waals surface area contributed by atoms with Crippen LogP contribution in [0.4, 0.5) is 50.0 Å². The Hall–Kier alpha value is -2.91. The van der Waals surface area contributed by atoms with E-state index in [0.29, 0.717) is 44.5 Å². The molecule has 0 radical (unpaired) electrons. The van der Waals surface area contributed by atoms with Gasteiger partial charge in [-0.25, -0.2) is 4.79 Å². The van der Waals surface area contributed by atoms with Gasteiger partial charge in [-0.15, -0.1) is 0 Å². The van der Waals surface area contributed by atoms with E-state index in [2.05, 4.69) is 4.74 Å². The van der Waals surface area contributed by atoms with Gasteiger partial charge in [0.25, 0.3) is 6.10 Å². The van der Waals surface area contributed by atoms with E-state index in [0.717, 1.165) is 11.0 Å². The van der Waals surface area contributed by atoms with Gasteiger partial charge in [0.2, 0.25) is 0 Å². The standard InChI is InChI=1S/C26H30F9N3O4/c27-24(28,29)18-2-1-16(13-19(18)37-8-3-17(4-9-37)20(39)40)14-36-10-5-23(15-36)6-11-38(12-7-23)22(41)42-21(25(30,31)32)26(33,34)35/h1-2,13,17,21H,3-12,14-15H2,(H,39,40). The number of aliphatic carboxylic acids is 1. The third-order valence-corrected chi connectivity index (χ3v) is 8.37. The second kappa shape index (κ2) is 11.6. The van der Waals surface area contributed by atoms with E-state index >= 15 is 0 Å². The van der Waals surface area contributed by atoms with Crippen LogP contribution >= 0.6 is 0 Å². The van der Waals surface area contributed by atoms with E-state index in [1.54, 1.807) is 4.90 Å². The van der Waals surface area contributed by atoms with Crippen molar-refractivity contribution in [2.45, 2.75) is 63.3 Å². The summed E-state index contributed by atoms with van der Waals surface area (Å²) in [6, 6.07) is 3.86. The number of carboxylic acids is 1. The van der Waals surface area contributed by atoms with Crippen molar-refractivity contribution >= 4 is 17.7 Å². The lowest BCUT2D eigenvalue weighted by molar-refractivity contribution is -0.308. The summed E-state index contributed by atoms with van der Waals surface area (Å²) >= 11 is 0. The fraction of sp³-hybridized carbons (Fsp3) is 0.692. The molecular formula is C26H30F9N3O4. The van der Waals surface area contributed by atoms with Crippen LogP contribution in [0, 0.1) is 11.3 Å². The summed E-state index contributed by atoms with van der Waals surface area (Å²) in [5, 5.41) is 9.21. The van der Waals surface area contributed by atoms with Crippen molar-refractivity contribution in [2.24, 2.45) is 11.3 Å². The number of hydrogen-bond donors (Lipinski definition) is 1. The average Bonchev–Trinajstić information content (AvgIpc) is 3.27. The first-order chi connectivity index (χ1) is 19.4. The number of amides is 1. The summed E-state index contributed by atoms with van der Waals surface area (Å²) in [6.45, 7) is 1.52. The first-order valence-corrected chi connectivity index (χ1v) is 13.4. The van der Waals surface area contributed by atoms with Crippen molar-refractivity contribution in [3.63, 3.8) is 0 Å². The maximum Gasteiger partial charge on any atom is 0.434 e. The number of likely N-dealkylation sites (tertiary alicyclic amines) is 2. The minimum Gasteiger partial charge on any atom is -0.481 e. The lowest BCUT2D eigenvalue weighted by Gasteiger charge is -2.39. The molecule has 1 amide bonds. The van der Waals surface area contributed by atoms with Crippen LogP contribution in [0.1, 0.15) is 43.2 Å². The molecule has 1 spiro atoms. The van der Waals surface area contributed by atoms with E-state index in [9.17, 15) is 54.2 Å². The first-order valence-electron chi connectivity index (χ1n) is 13.4. The van der Waals surface area contributed by atoms with Crippen molar-refractivity contribution in [1.29, 1.82) is 0 Å². The summed E-state index contributed by atoms with van der Waals surface area (Å²) < 4.78 is 122. The summed E-state index contributed by atoms with van der Waals surface area (Å²) in [5.74, 6) is -1.58. The second-order valence-corrected chi connectivity index (χ2v) is 11.2. The third kappa shape index (κ3) is 7.35. The number of carbonyl (C=O) groups is 2. The number of anilines is 1. The van der Waals surface area contributed by atoms with Crippen LogP contribution in [-0.4, -0.2) is 84.7 Å². The van der Waals surface area contributed by atoms with E-state index < -0.39 is 48.2 Å². The molecular weight excluding hydrogens is 589 g/mol. The van der Waals surface area contributed by atoms with E-state index in [1.165, 1.54) is 12.1 Å². The molecule has 1 N–H and O–H groups in total. The van der Waals surface area contributed by atoms with Gasteiger partial charge in [-0.05, 0) is 61.8 Å². The Morgan fingerprint density at radius 2 is 1.48 bits per heavy atom. The number of halogens is 9. The molecule has 3 heterocycles. The third-order valence-electron chi connectivity index (χ3n) is 8.37. The summed E-state index contributed by atoms with van der Waals surface area (Å²) in [5.41, 5.74) is -0.560. The number of ether oxygens (including phenoxy) is 1. The molecule has 0 bridgehead atoms. The Kier molecular flexibility index (Phi) is 8.87. The normalized spacial score (nSPS) is 20.9. The average molecular weight is 620 g/mol. The molecule has 0 unspecified atom stereocenters. The van der Waals surface area contributed by atoms with Gasteiger partial charge in [0.15, 0.2) is 0 Å². The number of piperidine rings is 2. The SMILES string of the molecule is O=C(O)C1CCN(c2cc(CN3CCC4(CCN(C(=O)OC(C(F)(F)F)C(F)(F)F)CC4)C3)ccc2C(F)(F)F)CC1. The van der Waals surface area contributed by atoms with Gasteiger partial charge in [-0.3, -0.25) is 9.69 Å². The second-order valence-electron chi connectivity index (χ2n) is 11.2. The van der Waals surface area contributed by atoms with Crippen molar-refractivity contribution in [3.05, 3.63) is 29.3 Å². The Morgan fingerprint density at radius 3 is 2.00 bits per heavy atom. The summed E-state index contributed by atoms with van der Waals surface area (Å²) in [4.78, 5) is 27.7. The highest BCUT2D eigenvalue weighted by molar-refractivity contribution is 5.70. The molecule has 236 valence electrons. The number of carbonyl (C=O) groups excluding carboxylic acids is 1. The number of hydrogen-bond acceptors (Lipinski definition) is 5. The van der Waals surface area contributed by atoms with Crippen LogP contribution in [0.3, 0.4) is 0 Å². The van der Waals surface area contributed by atoms with Crippen LogP contribution in [-0.2, 0) is 22.3 Å². The molecule has 1 aromatic carbocycles. The van der Waals surface area contributed by atoms with Crippen molar-refractivity contribution in [2.75, 3.05) is 44.2 Å². The first kappa shape index (κ1) is 32.0. The Bertz CT molecular complexity index is 1130. The topological polar surface area (TPSA) is 73.3 Å². The lowest BCUT2D eigenvalue weighted by Crippen LogP contribution is -2.50. The molecule has 16 heteroatoms. The molecule has 0 aliphatic carbocycles. The van der Waals surface area contributed by atoms with Crippen LogP contribution in [0.2, 0.25) is 0 Å². The Morgan fingerprint density at radius 1 is 0.905 bits per heavy atom. The van der Waals surface area contributed by atoms with Crippen LogP contribution in [0.15, 0.2) is 18.2 Å². The molecule has 3 saturated heterocycles. The zero-order valence-electron chi connectivity index (χ0n) is 22.3. The lowest BCUT2D eigenvalue weighted by atomic mass is 9.78. The Labute approximate surface area is 235 Å². The highest BCUT2D eigenvalue weighted by atomic mass is 19.4. The largest absolute Gasteiger partial charge is 0.481 e. The van der Waals surface area contributed by atoms with E-state index in [-0.39, 0.29) is 50.1 Å². The number of benzene rings is 1. The highest BCUT2D eigenvalue weighted by Crippen LogP contribution is 2.43. The van der Waals surface area contributed by atoms with Crippen LogP contribution in [0.5, 0.6) is 0 Å². The van der Waals surface area contributed by atoms with Gasteiger partial charge in [0.1, 0.15) is 0 Å². The van der Waals surface area contributed by atoms with Gasteiger partial charge in [-0.2, -0.15) is 39.5 Å². The molecule has 0 atom stereocenters. The zero-order chi connectivity index (χ0) is 31.1. The minimum absolute atomic E-state index is 0.0133. The molecule has 0 aromatic heterocycles. The molecule has 3 aliphatic rings. The number of carboxylic acid groups (broad SMARTS) is 1. The predicted octanol–water partition coefficient (Wildman–Crippen LogP) is 5.92. The van der Waals surface area contributed by atoms with E-state index in [1.807, 2.05) is 4.90 Å². The maximum absolute atomic E-state index is 13.8. The summed E-state index contributed by atoms with van der Waals surface area (Å²) in [6.07, 6.45) is -20.4. The predicted molar refractivity (Wildman–Crippen MR) is 130 cm³/mol. The molecule has 0 saturated carbocycles. The number of alkyl halides is 9. The van der Waals surface area contributed by atoms with E-state index in [4.69, 9.17) is 0 Å². The Balaban J connectivity index is 1.37. The molecule has 4 rings (SSSR count). The van der Waals surface area contributed by atoms with Crippen molar-refractivity contribution in [3.8, 4) is 0 Å². The van der Waals surface area contributed by atoms with Crippen LogP contribution < -0.4 is 4.90 Å². The molecule has 3 fully saturated rings. The van der Waals surface area contributed by atoms with Gasteiger partial charge in [-0.1, -0.05) is 6.07 Å². The highest BCUT2D eigenvalue weighted by Gasteiger charge is 2.60. The zero-order valence-corrected chi connectivity index (χ0v) is 22.3. The minimum atomic E-state index is -5.80. The van der Waals surface area contributed by atoms with Gasteiger partial charge in [0.05, 0.1) is 11.5 Å². The molecule has 7 nitrogen and oxygen atoms in total. The number of rotatable bonds is 5. The quantitative estimate of drug-likeness (QED) is 0.413. The summed E-state index contributed by atoms with van der Waals surface area (Å²) in [7, 11) is 0. The van der Waals surface area contributed by atoms with Crippen LogP contribution in [0.25, 0.3) is 0 Å². The maximum atomic E-state index is 13.8. The molecule has 42 heavy (non-hydrogen) atoms. The number of nitrogens with zero attached hydrogens (tertiary/aromatic N) is 3. The molecule has 3 aliphatic heterocycles. The van der Waals surface area contributed by atoms with Gasteiger partial charge < -0.3 is 19.6 Å². The monoisotopic (exact) mass is 619 g/mol. The fourth-order valence-corrected chi connectivity index (χ4v) is 6.03. The van der Waals surface area contributed by atoms with Crippen molar-refractivity contribution in [1.82, 2.24) is 9.80 Å². The van der Waals surface area contributed by atoms with Crippen molar-refractivity contribution < 1.29 is 58.9 Å². The smallest absolute Gasteiger partial charge is 0.434 e. The van der Waals surface area contributed by atoms with Gasteiger partial charge in [0, 0.05) is 45.0 Å².